The molecule has 0 aliphatic carbocycles. The first kappa shape index (κ1) is 16.3. The third-order valence-corrected chi connectivity index (χ3v) is 4.23. The van der Waals surface area contributed by atoms with Gasteiger partial charge in [-0.05, 0) is 24.1 Å². The number of benzene rings is 2. The van der Waals surface area contributed by atoms with Crippen LogP contribution in [-0.4, -0.2) is 16.9 Å². The van der Waals surface area contributed by atoms with Gasteiger partial charge in [-0.15, -0.1) is 0 Å². The average Bonchev–Trinajstić information content (AvgIpc) is 2.95. The summed E-state index contributed by atoms with van der Waals surface area (Å²) in [5.41, 5.74) is 1.76. The Morgan fingerprint density at radius 2 is 1.75 bits per heavy atom. The Morgan fingerprint density at radius 3 is 2.46 bits per heavy atom. The Morgan fingerprint density at radius 1 is 1.08 bits per heavy atom. The Kier molecular flexibility index (Phi) is 4.18. The Hall–Kier alpha value is -2.56. The van der Waals surface area contributed by atoms with Crippen molar-refractivity contribution in [2.45, 2.75) is 25.4 Å². The van der Waals surface area contributed by atoms with Crippen LogP contribution in [0.2, 0.25) is 0 Å². The van der Waals surface area contributed by atoms with Crippen molar-refractivity contribution < 1.29 is 18.0 Å². The lowest BCUT2D eigenvalue weighted by Crippen LogP contribution is -2.24. The Labute approximate surface area is 137 Å². The number of H-pyrrole nitrogens is 1. The van der Waals surface area contributed by atoms with E-state index in [0.717, 1.165) is 0 Å². The summed E-state index contributed by atoms with van der Waals surface area (Å²) in [6.07, 6.45) is -3.74. The fraction of sp³-hybridized carbons (Fsp3) is 0.211. The largest absolute Gasteiger partial charge is 0.396 e. The fourth-order valence-corrected chi connectivity index (χ4v) is 2.97. The van der Waals surface area contributed by atoms with Gasteiger partial charge in [-0.3, -0.25) is 4.79 Å². The van der Waals surface area contributed by atoms with E-state index in [4.69, 9.17) is 0 Å². The number of carbonyl (C=O) groups is 1. The molecule has 24 heavy (non-hydrogen) atoms. The van der Waals surface area contributed by atoms with Crippen LogP contribution in [0.15, 0.2) is 54.7 Å². The molecule has 0 bridgehead atoms. The molecule has 1 heterocycles. The molecule has 0 saturated carbocycles. The predicted molar refractivity (Wildman–Crippen MR) is 87.2 cm³/mol. The number of nitrogens with one attached hydrogen (secondary N) is 1. The number of hydrogen-bond acceptors (Lipinski definition) is 1. The number of aromatic amines is 1. The number of hydrogen-bond donors (Lipinski definition) is 1. The summed E-state index contributed by atoms with van der Waals surface area (Å²) in [5.74, 6) is -2.33. The number of aromatic nitrogens is 1. The number of ketones is 1. The van der Waals surface area contributed by atoms with E-state index < -0.39 is 24.3 Å². The van der Waals surface area contributed by atoms with Crippen molar-refractivity contribution in [1.29, 1.82) is 0 Å². The third kappa shape index (κ3) is 3.07. The fourth-order valence-electron chi connectivity index (χ4n) is 2.97. The Balaban J connectivity index is 1.99. The van der Waals surface area contributed by atoms with Gasteiger partial charge in [0.2, 0.25) is 0 Å². The minimum Gasteiger partial charge on any atom is -0.361 e. The number of Topliss-reactive ketones (excluding diaryl/α,β-unsaturated/α-hetero) is 1. The number of para-hydroxylation sites is 1. The van der Waals surface area contributed by atoms with E-state index in [1.54, 1.807) is 55.5 Å². The van der Waals surface area contributed by atoms with Gasteiger partial charge in [-0.25, -0.2) is 0 Å². The second-order valence-electron chi connectivity index (χ2n) is 5.83. The highest BCUT2D eigenvalue weighted by molar-refractivity contribution is 5.98. The van der Waals surface area contributed by atoms with Crippen LogP contribution >= 0.6 is 0 Å². The van der Waals surface area contributed by atoms with Gasteiger partial charge >= 0.3 is 6.18 Å². The molecule has 5 heteroatoms. The van der Waals surface area contributed by atoms with Crippen molar-refractivity contribution in [3.63, 3.8) is 0 Å². The van der Waals surface area contributed by atoms with Gasteiger partial charge in [0.1, 0.15) is 0 Å². The number of rotatable bonds is 4. The lowest BCUT2D eigenvalue weighted by molar-refractivity contribution is -0.149. The molecular weight excluding hydrogens is 315 g/mol. The lowest BCUT2D eigenvalue weighted by atomic mass is 9.89. The maximum Gasteiger partial charge on any atom is 0.396 e. The summed E-state index contributed by atoms with van der Waals surface area (Å²) in [6, 6.07) is 13.5. The van der Waals surface area contributed by atoms with Crippen LogP contribution in [0.1, 0.15) is 33.8 Å². The smallest absolute Gasteiger partial charge is 0.361 e. The van der Waals surface area contributed by atoms with E-state index in [-0.39, 0.29) is 5.56 Å². The minimum absolute atomic E-state index is 0.111. The van der Waals surface area contributed by atoms with Crippen LogP contribution in [-0.2, 0) is 0 Å². The number of halogens is 3. The number of alkyl halides is 3. The molecule has 1 aromatic heterocycles. The minimum atomic E-state index is -4.50. The molecule has 0 aliphatic heterocycles. The van der Waals surface area contributed by atoms with Crippen LogP contribution in [0, 0.1) is 6.92 Å². The molecule has 124 valence electrons. The van der Waals surface area contributed by atoms with Crippen molar-refractivity contribution in [3.8, 4) is 0 Å². The summed E-state index contributed by atoms with van der Waals surface area (Å²) >= 11 is 0. The van der Waals surface area contributed by atoms with Crippen LogP contribution in [0.5, 0.6) is 0 Å². The molecule has 0 saturated heterocycles. The van der Waals surface area contributed by atoms with E-state index in [9.17, 15) is 18.0 Å². The second-order valence-corrected chi connectivity index (χ2v) is 5.83. The van der Waals surface area contributed by atoms with Crippen molar-refractivity contribution in [2.24, 2.45) is 0 Å². The molecule has 0 radical (unpaired) electrons. The topological polar surface area (TPSA) is 32.9 Å². The molecule has 2 aromatic carbocycles. The van der Waals surface area contributed by atoms with Crippen LogP contribution < -0.4 is 0 Å². The number of fused-ring (bicyclic) bond motifs is 1. The van der Waals surface area contributed by atoms with Gasteiger partial charge in [-0.2, -0.15) is 13.2 Å². The highest BCUT2D eigenvalue weighted by Crippen LogP contribution is 2.41. The average molecular weight is 331 g/mol. The zero-order valence-corrected chi connectivity index (χ0v) is 13.0. The highest BCUT2D eigenvalue weighted by Gasteiger charge is 2.43. The van der Waals surface area contributed by atoms with Crippen LogP contribution in [0.4, 0.5) is 13.2 Å². The highest BCUT2D eigenvalue weighted by atomic mass is 19.4. The summed E-state index contributed by atoms with van der Waals surface area (Å²) < 4.78 is 40.9. The molecule has 3 rings (SSSR count). The molecular formula is C19H16F3NO. The van der Waals surface area contributed by atoms with Crippen molar-refractivity contribution in [2.75, 3.05) is 0 Å². The monoisotopic (exact) mass is 331 g/mol. The van der Waals surface area contributed by atoms with Crippen LogP contribution in [0.25, 0.3) is 10.9 Å². The first-order valence-electron chi connectivity index (χ1n) is 7.59. The van der Waals surface area contributed by atoms with E-state index >= 15 is 0 Å². The molecule has 0 spiro atoms. The summed E-state index contributed by atoms with van der Waals surface area (Å²) in [7, 11) is 0. The maximum absolute atomic E-state index is 13.6. The molecule has 3 aromatic rings. The first-order valence-corrected chi connectivity index (χ1v) is 7.59. The lowest BCUT2D eigenvalue weighted by Gasteiger charge is -2.20. The van der Waals surface area contributed by atoms with E-state index in [1.807, 2.05) is 0 Å². The van der Waals surface area contributed by atoms with Crippen molar-refractivity contribution in [1.82, 2.24) is 4.98 Å². The van der Waals surface area contributed by atoms with Gasteiger partial charge in [-0.1, -0.05) is 42.5 Å². The zero-order chi connectivity index (χ0) is 17.3. The van der Waals surface area contributed by atoms with Gasteiger partial charge in [0, 0.05) is 29.1 Å². The second kappa shape index (κ2) is 6.15. The van der Waals surface area contributed by atoms with E-state index in [2.05, 4.69) is 4.98 Å². The number of aryl methyl sites for hydroxylation is 1. The molecule has 2 nitrogen and oxygen atoms in total. The molecule has 0 amide bonds. The molecule has 1 N–H and O–H groups in total. The third-order valence-electron chi connectivity index (χ3n) is 4.23. The van der Waals surface area contributed by atoms with E-state index in [0.29, 0.717) is 22.0 Å². The molecule has 0 unspecified atom stereocenters. The zero-order valence-electron chi connectivity index (χ0n) is 13.0. The summed E-state index contributed by atoms with van der Waals surface area (Å²) in [5, 5.41) is 0.498. The van der Waals surface area contributed by atoms with Gasteiger partial charge in [0.15, 0.2) is 5.78 Å². The Bertz CT molecular complexity index is 879. The summed E-state index contributed by atoms with van der Waals surface area (Å²) in [4.78, 5) is 15.3. The van der Waals surface area contributed by atoms with Crippen LogP contribution in [0.3, 0.4) is 0 Å². The van der Waals surface area contributed by atoms with Gasteiger partial charge in [0.25, 0.3) is 0 Å². The molecule has 1 atom stereocenters. The number of carbonyl (C=O) groups excluding carboxylic acids is 1. The van der Waals surface area contributed by atoms with E-state index in [1.165, 1.54) is 6.20 Å². The standard InChI is InChI=1S/C19H16F3NO/c1-12-6-2-3-7-13(12)18(24)10-16(19(20,21)22)15-11-23-17-9-5-4-8-14(15)17/h2-9,11,16,23H,10H2,1H3/t16-/m1/s1. The van der Waals surface area contributed by atoms with Gasteiger partial charge in [0.05, 0.1) is 5.92 Å². The normalized spacial score (nSPS) is 13.2. The molecule has 0 fully saturated rings. The first-order chi connectivity index (χ1) is 11.4. The quantitative estimate of drug-likeness (QED) is 0.638. The SMILES string of the molecule is Cc1ccccc1C(=O)C[C@H](c1c[nH]c2ccccc12)C(F)(F)F. The predicted octanol–water partition coefficient (Wildman–Crippen LogP) is 5.40. The maximum atomic E-state index is 13.6. The van der Waals surface area contributed by atoms with Crippen molar-refractivity contribution >= 4 is 16.7 Å². The summed E-state index contributed by atoms with van der Waals surface area (Å²) in [6.45, 7) is 1.72. The molecule has 0 aliphatic rings. The van der Waals surface area contributed by atoms with Crippen molar-refractivity contribution in [3.05, 3.63) is 71.4 Å². The van der Waals surface area contributed by atoms with Gasteiger partial charge < -0.3 is 4.98 Å².